The van der Waals surface area contributed by atoms with Crippen molar-refractivity contribution in [3.8, 4) is 0 Å². The van der Waals surface area contributed by atoms with Gasteiger partial charge in [0.25, 0.3) is 0 Å². The SMILES string of the molecule is NCCc1c2ccccc2c(CCN)c2cc3ccccc3cc12. The van der Waals surface area contributed by atoms with Crippen molar-refractivity contribution < 1.29 is 0 Å². The molecule has 0 spiro atoms. The molecule has 0 saturated heterocycles. The third kappa shape index (κ3) is 2.35. The molecule has 0 fully saturated rings. The minimum absolute atomic E-state index is 0.655. The van der Waals surface area contributed by atoms with Crippen molar-refractivity contribution in [2.45, 2.75) is 12.8 Å². The lowest BCUT2D eigenvalue weighted by molar-refractivity contribution is 0.975. The molecule has 4 N–H and O–H groups in total. The van der Waals surface area contributed by atoms with Gasteiger partial charge in [-0.1, -0.05) is 48.5 Å². The highest BCUT2D eigenvalue weighted by Crippen LogP contribution is 2.35. The molecule has 4 aromatic carbocycles. The maximum atomic E-state index is 5.93. The predicted molar refractivity (Wildman–Crippen MR) is 104 cm³/mol. The van der Waals surface area contributed by atoms with E-state index in [0.29, 0.717) is 13.1 Å². The van der Waals surface area contributed by atoms with Gasteiger partial charge in [-0.05, 0) is 81.5 Å². The van der Waals surface area contributed by atoms with Crippen LogP contribution in [0.3, 0.4) is 0 Å². The predicted octanol–water partition coefficient (Wildman–Crippen LogP) is 4.15. The molecule has 0 aromatic heterocycles. The fourth-order valence-corrected chi connectivity index (χ4v) is 3.87. The van der Waals surface area contributed by atoms with Crippen LogP contribution in [0.25, 0.3) is 32.3 Å². The number of fused-ring (bicyclic) bond motifs is 3. The Morgan fingerprint density at radius 1 is 0.542 bits per heavy atom. The lowest BCUT2D eigenvalue weighted by Gasteiger charge is -2.17. The molecule has 0 bridgehead atoms. The topological polar surface area (TPSA) is 52.0 Å². The van der Waals surface area contributed by atoms with E-state index in [9.17, 15) is 0 Å². The highest BCUT2D eigenvalue weighted by atomic mass is 14.5. The van der Waals surface area contributed by atoms with E-state index in [1.54, 1.807) is 0 Å². The van der Waals surface area contributed by atoms with Crippen molar-refractivity contribution in [1.29, 1.82) is 0 Å². The van der Waals surface area contributed by atoms with Crippen LogP contribution in [0.4, 0.5) is 0 Å². The van der Waals surface area contributed by atoms with Crippen LogP contribution in [0, 0.1) is 0 Å². The third-order valence-corrected chi connectivity index (χ3v) is 4.90. The second-order valence-electron chi connectivity index (χ2n) is 6.32. The summed E-state index contributed by atoms with van der Waals surface area (Å²) in [5.74, 6) is 0. The zero-order valence-corrected chi connectivity index (χ0v) is 13.8. The summed E-state index contributed by atoms with van der Waals surface area (Å²) >= 11 is 0. The van der Waals surface area contributed by atoms with Gasteiger partial charge >= 0.3 is 0 Å². The molecular formula is C22H22N2. The molecular weight excluding hydrogens is 292 g/mol. The lowest BCUT2D eigenvalue weighted by atomic mass is 9.87. The standard InChI is InChI=1S/C22H22N2/c23-11-9-19-17-7-3-4-8-18(17)20(10-12-24)22-14-16-6-2-1-5-15(16)13-21(19)22/h1-8,13-14H,9-12,23-24H2. The van der Waals surface area contributed by atoms with Crippen molar-refractivity contribution in [3.63, 3.8) is 0 Å². The van der Waals surface area contributed by atoms with Crippen LogP contribution in [-0.4, -0.2) is 13.1 Å². The van der Waals surface area contributed by atoms with Crippen molar-refractivity contribution in [1.82, 2.24) is 0 Å². The first-order chi connectivity index (χ1) is 11.8. The van der Waals surface area contributed by atoms with Gasteiger partial charge in [0.05, 0.1) is 0 Å². The van der Waals surface area contributed by atoms with E-state index in [1.807, 2.05) is 0 Å². The van der Waals surface area contributed by atoms with Gasteiger partial charge in [0.15, 0.2) is 0 Å². The molecule has 0 amide bonds. The molecule has 4 aromatic rings. The maximum Gasteiger partial charge on any atom is -0.00363 e. The maximum absolute atomic E-state index is 5.93. The highest BCUT2D eigenvalue weighted by molar-refractivity contribution is 6.10. The Balaban J connectivity index is 2.22. The van der Waals surface area contributed by atoms with Crippen molar-refractivity contribution in [3.05, 3.63) is 71.8 Å². The van der Waals surface area contributed by atoms with Crippen LogP contribution in [0.1, 0.15) is 11.1 Å². The van der Waals surface area contributed by atoms with Crippen molar-refractivity contribution in [2.24, 2.45) is 11.5 Å². The van der Waals surface area contributed by atoms with Gasteiger partial charge in [-0.25, -0.2) is 0 Å². The molecule has 0 aliphatic heterocycles. The molecule has 0 unspecified atom stereocenters. The first kappa shape index (κ1) is 15.1. The Labute approximate surface area is 142 Å². The molecule has 2 heteroatoms. The summed E-state index contributed by atoms with van der Waals surface area (Å²) in [5, 5.41) is 7.82. The summed E-state index contributed by atoms with van der Waals surface area (Å²) in [6.45, 7) is 1.31. The van der Waals surface area contributed by atoms with E-state index in [1.165, 1.54) is 43.4 Å². The number of nitrogens with two attached hydrogens (primary N) is 2. The first-order valence-electron chi connectivity index (χ1n) is 8.58. The van der Waals surface area contributed by atoms with E-state index >= 15 is 0 Å². The zero-order valence-electron chi connectivity index (χ0n) is 13.8. The van der Waals surface area contributed by atoms with E-state index < -0.39 is 0 Å². The lowest BCUT2D eigenvalue weighted by Crippen LogP contribution is -2.07. The molecule has 0 heterocycles. The first-order valence-corrected chi connectivity index (χ1v) is 8.58. The van der Waals surface area contributed by atoms with Crippen LogP contribution in [0.2, 0.25) is 0 Å². The smallest absolute Gasteiger partial charge is 0.00363 e. The second kappa shape index (κ2) is 6.23. The molecule has 0 saturated carbocycles. The number of rotatable bonds is 4. The molecule has 0 radical (unpaired) electrons. The summed E-state index contributed by atoms with van der Waals surface area (Å²) < 4.78 is 0. The largest absolute Gasteiger partial charge is 0.330 e. The Bertz CT molecular complexity index is 951. The average molecular weight is 314 g/mol. The highest BCUT2D eigenvalue weighted by Gasteiger charge is 2.13. The Hall–Kier alpha value is -2.42. The molecule has 0 aliphatic rings. The number of benzene rings is 4. The van der Waals surface area contributed by atoms with Gasteiger partial charge < -0.3 is 11.5 Å². The Kier molecular flexibility index (Phi) is 3.93. The van der Waals surface area contributed by atoms with Gasteiger partial charge in [0, 0.05) is 0 Å². The summed E-state index contributed by atoms with van der Waals surface area (Å²) in [4.78, 5) is 0. The molecule has 2 nitrogen and oxygen atoms in total. The minimum atomic E-state index is 0.655. The van der Waals surface area contributed by atoms with Crippen molar-refractivity contribution in [2.75, 3.05) is 13.1 Å². The van der Waals surface area contributed by atoms with Gasteiger partial charge in [0.2, 0.25) is 0 Å². The van der Waals surface area contributed by atoms with Gasteiger partial charge in [-0.15, -0.1) is 0 Å². The summed E-state index contributed by atoms with van der Waals surface area (Å²) in [5.41, 5.74) is 14.6. The molecule has 4 rings (SSSR count). The quantitative estimate of drug-likeness (QED) is 0.556. The molecule has 24 heavy (non-hydrogen) atoms. The van der Waals surface area contributed by atoms with Gasteiger partial charge in [-0.2, -0.15) is 0 Å². The Morgan fingerprint density at radius 3 is 1.38 bits per heavy atom. The summed E-state index contributed by atoms with van der Waals surface area (Å²) in [6.07, 6.45) is 1.77. The van der Waals surface area contributed by atoms with Crippen LogP contribution in [0.15, 0.2) is 60.7 Å². The van der Waals surface area contributed by atoms with Gasteiger partial charge in [0.1, 0.15) is 0 Å². The Morgan fingerprint density at radius 2 is 0.958 bits per heavy atom. The zero-order chi connectivity index (χ0) is 16.5. The second-order valence-corrected chi connectivity index (χ2v) is 6.32. The fraction of sp³-hybridized carbons (Fsp3) is 0.182. The minimum Gasteiger partial charge on any atom is -0.330 e. The number of hydrogen-bond acceptors (Lipinski definition) is 2. The third-order valence-electron chi connectivity index (χ3n) is 4.90. The molecule has 0 aliphatic carbocycles. The normalized spacial score (nSPS) is 11.6. The summed E-state index contributed by atoms with van der Waals surface area (Å²) in [6, 6.07) is 21.9. The van der Waals surface area contributed by atoms with Crippen LogP contribution in [0.5, 0.6) is 0 Å². The van der Waals surface area contributed by atoms with E-state index in [4.69, 9.17) is 11.5 Å². The van der Waals surface area contributed by atoms with E-state index in [-0.39, 0.29) is 0 Å². The van der Waals surface area contributed by atoms with Crippen molar-refractivity contribution >= 4 is 32.3 Å². The average Bonchev–Trinajstić information content (AvgIpc) is 2.63. The van der Waals surface area contributed by atoms with Gasteiger partial charge in [-0.3, -0.25) is 0 Å². The van der Waals surface area contributed by atoms with E-state index in [2.05, 4.69) is 60.7 Å². The monoisotopic (exact) mass is 314 g/mol. The van der Waals surface area contributed by atoms with Crippen LogP contribution < -0.4 is 11.5 Å². The van der Waals surface area contributed by atoms with E-state index in [0.717, 1.165) is 12.8 Å². The summed E-state index contributed by atoms with van der Waals surface area (Å²) in [7, 11) is 0. The van der Waals surface area contributed by atoms with Crippen LogP contribution in [-0.2, 0) is 12.8 Å². The van der Waals surface area contributed by atoms with Crippen LogP contribution >= 0.6 is 0 Å². The number of hydrogen-bond donors (Lipinski definition) is 2. The molecule has 120 valence electrons. The fourth-order valence-electron chi connectivity index (χ4n) is 3.87. The molecule has 0 atom stereocenters.